The average molecular weight is 335 g/mol. The van der Waals surface area contributed by atoms with Gasteiger partial charge in [0.2, 0.25) is 11.9 Å². The molecule has 0 atom stereocenters. The van der Waals surface area contributed by atoms with Gasteiger partial charge in [0, 0.05) is 0 Å². The first kappa shape index (κ1) is 15.1. The topological polar surface area (TPSA) is 75.6 Å². The van der Waals surface area contributed by atoms with Gasteiger partial charge in [-0.05, 0) is 29.8 Å². The van der Waals surface area contributed by atoms with Gasteiger partial charge in [0.1, 0.15) is 5.82 Å². The molecule has 0 spiro atoms. The van der Waals surface area contributed by atoms with Gasteiger partial charge in [-0.2, -0.15) is 5.10 Å². The quantitative estimate of drug-likeness (QED) is 0.602. The molecule has 0 saturated carbocycles. The van der Waals surface area contributed by atoms with Gasteiger partial charge in [0.05, 0.1) is 35.5 Å². The highest BCUT2D eigenvalue weighted by molar-refractivity contribution is 5.92. The predicted octanol–water partition coefficient (Wildman–Crippen LogP) is 3.07. The Hall–Kier alpha value is -3.48. The van der Waals surface area contributed by atoms with Gasteiger partial charge in [-0.3, -0.25) is 4.79 Å². The Labute approximate surface area is 142 Å². The van der Waals surface area contributed by atoms with Gasteiger partial charge in [0.15, 0.2) is 0 Å². The van der Waals surface area contributed by atoms with E-state index < -0.39 is 0 Å². The van der Waals surface area contributed by atoms with Crippen LogP contribution in [-0.2, 0) is 11.2 Å². The van der Waals surface area contributed by atoms with Crippen LogP contribution in [0.5, 0.6) is 0 Å². The smallest absolute Gasteiger partial charge is 0.229 e. The summed E-state index contributed by atoms with van der Waals surface area (Å²) in [5, 5.41) is 6.98. The minimum absolute atomic E-state index is 0.163. The molecule has 0 saturated heterocycles. The lowest BCUT2D eigenvalue weighted by atomic mass is 10.1. The normalized spacial score (nSPS) is 10.9. The Morgan fingerprint density at radius 2 is 1.96 bits per heavy atom. The second-order valence-corrected chi connectivity index (χ2v) is 5.60. The fraction of sp³-hybridized carbons (Fsp3) is 0.0556. The third-order valence-electron chi connectivity index (χ3n) is 3.74. The number of amides is 1. The van der Waals surface area contributed by atoms with Crippen molar-refractivity contribution in [2.24, 2.45) is 0 Å². The first-order valence-corrected chi connectivity index (χ1v) is 7.71. The number of nitrogens with zero attached hydrogens (tertiary/aromatic N) is 3. The molecule has 4 aromatic rings. The van der Waals surface area contributed by atoms with Crippen molar-refractivity contribution in [2.75, 3.05) is 5.32 Å². The van der Waals surface area contributed by atoms with Gasteiger partial charge >= 0.3 is 0 Å². The van der Waals surface area contributed by atoms with Crippen LogP contribution < -0.4 is 5.32 Å². The monoisotopic (exact) mass is 335 g/mol. The lowest BCUT2D eigenvalue weighted by Gasteiger charge is -2.02. The molecule has 0 bridgehead atoms. The van der Waals surface area contributed by atoms with Crippen molar-refractivity contribution in [2.45, 2.75) is 6.42 Å². The summed E-state index contributed by atoms with van der Waals surface area (Å²) < 4.78 is 14.5. The zero-order chi connectivity index (χ0) is 17.2. The van der Waals surface area contributed by atoms with E-state index in [1.807, 2.05) is 24.3 Å². The largest absolute Gasteiger partial charge is 0.323 e. The Bertz CT molecular complexity index is 1000. The third kappa shape index (κ3) is 3.25. The zero-order valence-corrected chi connectivity index (χ0v) is 13.1. The summed E-state index contributed by atoms with van der Waals surface area (Å²) in [6, 6.07) is 13.5. The maximum absolute atomic E-state index is 12.9. The Morgan fingerprint density at radius 3 is 2.76 bits per heavy atom. The second kappa shape index (κ2) is 6.20. The van der Waals surface area contributed by atoms with Crippen LogP contribution >= 0.6 is 0 Å². The molecular formula is C18H14FN5O. The van der Waals surface area contributed by atoms with E-state index >= 15 is 0 Å². The highest BCUT2D eigenvalue weighted by Gasteiger charge is 2.09. The Balaban J connectivity index is 1.47. The number of anilines is 1. The molecule has 0 aliphatic heterocycles. The number of fused-ring (bicyclic) bond motifs is 1. The molecule has 0 aliphatic carbocycles. The van der Waals surface area contributed by atoms with Crippen molar-refractivity contribution < 1.29 is 9.18 Å². The average Bonchev–Trinajstić information content (AvgIpc) is 3.23. The summed E-state index contributed by atoms with van der Waals surface area (Å²) in [6.45, 7) is 0. The van der Waals surface area contributed by atoms with E-state index in [-0.39, 0.29) is 18.1 Å². The number of aromatic nitrogens is 4. The van der Waals surface area contributed by atoms with Crippen LogP contribution in [0.15, 0.2) is 60.9 Å². The summed E-state index contributed by atoms with van der Waals surface area (Å²) in [7, 11) is 0. The van der Waals surface area contributed by atoms with Crippen molar-refractivity contribution in [1.29, 1.82) is 0 Å². The SMILES string of the molecule is O=C(Cc1ccc(F)cc1)Nc1cnn(-c2nc3ccccc3[nH]2)c1. The van der Waals surface area contributed by atoms with Crippen molar-refractivity contribution >= 4 is 22.6 Å². The van der Waals surface area contributed by atoms with Crippen LogP contribution in [0.3, 0.4) is 0 Å². The summed E-state index contributed by atoms with van der Waals surface area (Å²) in [4.78, 5) is 19.7. The van der Waals surface area contributed by atoms with E-state index in [9.17, 15) is 9.18 Å². The second-order valence-electron chi connectivity index (χ2n) is 5.60. The van der Waals surface area contributed by atoms with Crippen LogP contribution in [-0.4, -0.2) is 25.7 Å². The molecule has 7 heteroatoms. The van der Waals surface area contributed by atoms with Crippen molar-refractivity contribution in [3.63, 3.8) is 0 Å². The molecule has 0 unspecified atom stereocenters. The highest BCUT2D eigenvalue weighted by atomic mass is 19.1. The number of rotatable bonds is 4. The van der Waals surface area contributed by atoms with E-state index in [1.165, 1.54) is 12.1 Å². The van der Waals surface area contributed by atoms with E-state index in [0.29, 0.717) is 11.6 Å². The van der Waals surface area contributed by atoms with Crippen molar-refractivity contribution in [3.05, 3.63) is 72.3 Å². The molecule has 6 nitrogen and oxygen atoms in total. The first-order chi connectivity index (χ1) is 12.2. The number of nitrogens with one attached hydrogen (secondary N) is 2. The van der Waals surface area contributed by atoms with Gasteiger partial charge in [-0.25, -0.2) is 14.1 Å². The molecule has 0 radical (unpaired) electrons. The highest BCUT2D eigenvalue weighted by Crippen LogP contribution is 2.15. The van der Waals surface area contributed by atoms with Crippen LogP contribution in [0.1, 0.15) is 5.56 Å². The fourth-order valence-corrected chi connectivity index (χ4v) is 2.54. The maximum Gasteiger partial charge on any atom is 0.229 e. The number of benzene rings is 2. The van der Waals surface area contributed by atoms with E-state index in [0.717, 1.165) is 16.6 Å². The molecule has 4 rings (SSSR count). The van der Waals surface area contributed by atoms with E-state index in [4.69, 9.17) is 0 Å². The summed E-state index contributed by atoms with van der Waals surface area (Å²) in [6.07, 6.45) is 3.39. The standard InChI is InChI=1S/C18H14FN5O/c19-13-7-5-12(6-8-13)9-17(25)21-14-10-20-24(11-14)18-22-15-3-1-2-4-16(15)23-18/h1-8,10-11H,9H2,(H,21,25)(H,22,23). The molecule has 0 aliphatic rings. The van der Waals surface area contributed by atoms with Crippen molar-refractivity contribution in [1.82, 2.24) is 19.7 Å². The molecule has 2 N–H and O–H groups in total. The molecular weight excluding hydrogens is 321 g/mol. The number of para-hydroxylation sites is 2. The molecule has 124 valence electrons. The third-order valence-corrected chi connectivity index (χ3v) is 3.74. The van der Waals surface area contributed by atoms with Crippen LogP contribution in [0, 0.1) is 5.82 Å². The number of carbonyl (C=O) groups is 1. The number of aromatic amines is 1. The fourth-order valence-electron chi connectivity index (χ4n) is 2.54. The number of H-pyrrole nitrogens is 1. The predicted molar refractivity (Wildman–Crippen MR) is 91.9 cm³/mol. The van der Waals surface area contributed by atoms with Gasteiger partial charge < -0.3 is 10.3 Å². The first-order valence-electron chi connectivity index (χ1n) is 7.71. The van der Waals surface area contributed by atoms with E-state index in [2.05, 4.69) is 20.4 Å². The summed E-state index contributed by atoms with van der Waals surface area (Å²) >= 11 is 0. The molecule has 0 fully saturated rings. The van der Waals surface area contributed by atoms with E-state index in [1.54, 1.807) is 29.2 Å². The summed E-state index contributed by atoms with van der Waals surface area (Å²) in [5.74, 6) is 0.0484. The number of carbonyl (C=O) groups excluding carboxylic acids is 1. The Kier molecular flexibility index (Phi) is 3.74. The minimum atomic E-state index is -0.323. The van der Waals surface area contributed by atoms with Crippen LogP contribution in [0.4, 0.5) is 10.1 Å². The number of hydrogen-bond acceptors (Lipinski definition) is 3. The van der Waals surface area contributed by atoms with Gasteiger partial charge in [-0.1, -0.05) is 24.3 Å². The van der Waals surface area contributed by atoms with Gasteiger partial charge in [0.25, 0.3) is 0 Å². The lowest BCUT2D eigenvalue weighted by molar-refractivity contribution is -0.115. The molecule has 25 heavy (non-hydrogen) atoms. The lowest BCUT2D eigenvalue weighted by Crippen LogP contribution is -2.13. The van der Waals surface area contributed by atoms with Crippen LogP contribution in [0.2, 0.25) is 0 Å². The maximum atomic E-state index is 12.9. The Morgan fingerprint density at radius 1 is 1.16 bits per heavy atom. The minimum Gasteiger partial charge on any atom is -0.323 e. The van der Waals surface area contributed by atoms with Crippen molar-refractivity contribution in [3.8, 4) is 5.95 Å². The molecule has 2 heterocycles. The molecule has 2 aromatic heterocycles. The van der Waals surface area contributed by atoms with Crippen LogP contribution in [0.25, 0.3) is 17.0 Å². The zero-order valence-electron chi connectivity index (χ0n) is 13.1. The molecule has 1 amide bonds. The van der Waals surface area contributed by atoms with Gasteiger partial charge in [-0.15, -0.1) is 0 Å². The number of imidazole rings is 1. The summed E-state index contributed by atoms with van der Waals surface area (Å²) in [5.41, 5.74) is 3.06. The molecule has 2 aromatic carbocycles. The number of halogens is 1. The number of hydrogen-bond donors (Lipinski definition) is 2.